The van der Waals surface area contributed by atoms with Crippen LogP contribution in [-0.2, 0) is 0 Å². The van der Waals surface area contributed by atoms with Gasteiger partial charge in [-0.1, -0.05) is 11.6 Å². The van der Waals surface area contributed by atoms with Crippen LogP contribution in [0.2, 0.25) is 5.02 Å². The summed E-state index contributed by atoms with van der Waals surface area (Å²) in [6.45, 7) is 0. The number of nitrogens with zero attached hydrogens (tertiary/aromatic N) is 4. The monoisotopic (exact) mass is 424 g/mol. The molecule has 1 aliphatic carbocycles. The van der Waals surface area contributed by atoms with Gasteiger partial charge in [-0.3, -0.25) is 9.98 Å². The van der Waals surface area contributed by atoms with Crippen molar-refractivity contribution in [3.8, 4) is 5.88 Å². The summed E-state index contributed by atoms with van der Waals surface area (Å²) in [5.74, 6) is 0.249. The molecule has 3 heterocycles. The summed E-state index contributed by atoms with van der Waals surface area (Å²) >= 11 is 6.28. The zero-order valence-corrected chi connectivity index (χ0v) is 16.3. The molecule has 1 aromatic carbocycles. The Morgan fingerprint density at radius 1 is 1.33 bits per heavy atom. The molecule has 0 bridgehead atoms. The number of nitrogens with one attached hydrogen (secondary N) is 3. The maximum atomic E-state index is 11.4. The van der Waals surface area contributed by atoms with E-state index in [1.54, 1.807) is 41.1 Å². The Morgan fingerprint density at radius 2 is 2.17 bits per heavy atom. The van der Waals surface area contributed by atoms with Gasteiger partial charge in [-0.05, 0) is 37.1 Å². The topological polar surface area (TPSA) is 149 Å². The molecule has 0 aliphatic heterocycles. The average molecular weight is 425 g/mol. The Bertz CT molecular complexity index is 1450. The number of imidazole rings is 1. The average Bonchev–Trinajstić information content (AvgIpc) is 3.34. The summed E-state index contributed by atoms with van der Waals surface area (Å²) in [7, 11) is 0. The quantitative estimate of drug-likeness (QED) is 0.309. The van der Waals surface area contributed by atoms with Crippen molar-refractivity contribution >= 4 is 40.5 Å². The summed E-state index contributed by atoms with van der Waals surface area (Å²) < 4.78 is 1.62. The Hall–Kier alpha value is -3.79. The van der Waals surface area contributed by atoms with E-state index < -0.39 is 5.69 Å². The molecule has 30 heavy (non-hydrogen) atoms. The van der Waals surface area contributed by atoms with Crippen molar-refractivity contribution in [3.05, 3.63) is 62.4 Å². The third-order valence-electron chi connectivity index (χ3n) is 4.63. The maximum Gasteiger partial charge on any atom is 0.326 e. The number of aromatic amines is 2. The van der Waals surface area contributed by atoms with Gasteiger partial charge in [0.1, 0.15) is 11.5 Å². The zero-order valence-electron chi connectivity index (χ0n) is 15.6. The van der Waals surface area contributed by atoms with Crippen molar-refractivity contribution in [1.29, 1.82) is 0 Å². The number of benzene rings is 1. The van der Waals surface area contributed by atoms with E-state index in [1.165, 1.54) is 0 Å². The van der Waals surface area contributed by atoms with Crippen LogP contribution in [0.4, 0.5) is 17.2 Å². The fraction of sp³-hybridized carbons (Fsp3) is 0.158. The molecule has 1 aliphatic rings. The largest absolute Gasteiger partial charge is 0.493 e. The van der Waals surface area contributed by atoms with Gasteiger partial charge in [0.05, 0.1) is 22.9 Å². The molecule has 10 nitrogen and oxygen atoms in total. The molecule has 11 heteroatoms. The highest BCUT2D eigenvalue weighted by Crippen LogP contribution is 2.27. The van der Waals surface area contributed by atoms with Crippen LogP contribution in [0.15, 0.2) is 40.2 Å². The summed E-state index contributed by atoms with van der Waals surface area (Å²) in [6.07, 6.45) is 5.25. The number of hydrogen-bond donors (Lipinski definition) is 5. The summed E-state index contributed by atoms with van der Waals surface area (Å²) in [4.78, 5) is 25.6. The van der Waals surface area contributed by atoms with E-state index in [0.717, 1.165) is 12.8 Å². The van der Waals surface area contributed by atoms with Gasteiger partial charge in [-0.2, -0.15) is 9.61 Å². The van der Waals surface area contributed by atoms with Crippen molar-refractivity contribution in [2.75, 3.05) is 11.1 Å². The molecule has 0 unspecified atom stereocenters. The smallest absolute Gasteiger partial charge is 0.326 e. The van der Waals surface area contributed by atoms with Crippen LogP contribution in [0, 0.1) is 0 Å². The number of fused-ring (bicyclic) bond motifs is 1. The third-order valence-corrected chi connectivity index (χ3v) is 4.96. The van der Waals surface area contributed by atoms with E-state index in [4.69, 9.17) is 22.3 Å². The van der Waals surface area contributed by atoms with Crippen LogP contribution >= 0.6 is 11.6 Å². The molecule has 4 aromatic rings. The van der Waals surface area contributed by atoms with Gasteiger partial charge in [0.2, 0.25) is 5.88 Å². The number of aromatic nitrogens is 5. The number of halogens is 1. The first-order chi connectivity index (χ1) is 14.5. The van der Waals surface area contributed by atoms with Gasteiger partial charge in [-0.25, -0.2) is 9.78 Å². The van der Waals surface area contributed by atoms with E-state index in [0.29, 0.717) is 38.6 Å². The van der Waals surface area contributed by atoms with Crippen LogP contribution in [0.5, 0.6) is 5.88 Å². The van der Waals surface area contributed by atoms with Crippen molar-refractivity contribution in [1.82, 2.24) is 24.6 Å². The number of nitrogen functional groups attached to an aromatic ring is 1. The van der Waals surface area contributed by atoms with Gasteiger partial charge in [0.15, 0.2) is 11.1 Å². The summed E-state index contributed by atoms with van der Waals surface area (Å²) in [6, 6.07) is 7.19. The Labute approximate surface area is 173 Å². The normalized spacial score (nSPS) is 15.2. The first-order valence-corrected chi connectivity index (χ1v) is 9.62. The molecule has 0 radical (unpaired) electrons. The lowest BCUT2D eigenvalue weighted by Gasteiger charge is -2.09. The minimum Gasteiger partial charge on any atom is -0.493 e. The third kappa shape index (κ3) is 3.48. The Kier molecular flexibility index (Phi) is 4.21. The number of anilines is 3. The lowest BCUT2D eigenvalue weighted by Crippen LogP contribution is -2.20. The minimum atomic E-state index is -0.508. The second-order valence-corrected chi connectivity index (χ2v) is 7.45. The van der Waals surface area contributed by atoms with Crippen molar-refractivity contribution < 1.29 is 5.11 Å². The van der Waals surface area contributed by atoms with Gasteiger partial charge in [0, 0.05) is 17.0 Å². The molecule has 0 amide bonds. The predicted molar refractivity (Wildman–Crippen MR) is 113 cm³/mol. The summed E-state index contributed by atoms with van der Waals surface area (Å²) in [5.41, 5.74) is 7.91. The van der Waals surface area contributed by atoms with Crippen molar-refractivity contribution in [3.63, 3.8) is 0 Å². The number of nitrogens with two attached hydrogens (primary N) is 1. The predicted octanol–water partition coefficient (Wildman–Crippen LogP) is 1.04. The SMILES string of the molecule is Nc1ccc(Cl)c(Nc2cc(=NC3CC3)n3ncc(=Cc4[nH]c(=O)[nH]c4O)c3n2)c1. The molecule has 6 N–H and O–H groups in total. The molecule has 1 saturated carbocycles. The number of H-pyrrole nitrogens is 2. The standard InChI is InChI=1S/C19H17ClN8O2/c20-12-4-1-10(21)6-13(12)24-15-7-16(23-11-2-3-11)28-17(26-15)9(8-22-28)5-14-18(29)27-19(30)25-14/h1,4-8,11,24,29H,2-3,21H2,(H2,25,27,30). The molecule has 1 fully saturated rings. The molecule has 152 valence electrons. The van der Waals surface area contributed by atoms with E-state index >= 15 is 0 Å². The van der Waals surface area contributed by atoms with E-state index in [1.807, 2.05) is 0 Å². The first-order valence-electron chi connectivity index (χ1n) is 9.24. The molecule has 0 atom stereocenters. The number of rotatable bonds is 4. The Morgan fingerprint density at radius 3 is 2.90 bits per heavy atom. The zero-order chi connectivity index (χ0) is 20.8. The van der Waals surface area contributed by atoms with Crippen LogP contribution in [0.1, 0.15) is 18.5 Å². The Balaban J connectivity index is 1.69. The maximum absolute atomic E-state index is 11.4. The second-order valence-electron chi connectivity index (χ2n) is 7.05. The minimum absolute atomic E-state index is 0.231. The fourth-order valence-electron chi connectivity index (χ4n) is 3.04. The molecular weight excluding hydrogens is 408 g/mol. The highest BCUT2D eigenvalue weighted by Gasteiger charge is 2.20. The van der Waals surface area contributed by atoms with Crippen molar-refractivity contribution in [2.45, 2.75) is 18.9 Å². The molecule has 3 aromatic heterocycles. The molecule has 0 saturated heterocycles. The van der Waals surface area contributed by atoms with Crippen LogP contribution in [0.25, 0.3) is 11.7 Å². The molecule has 0 spiro atoms. The highest BCUT2D eigenvalue weighted by molar-refractivity contribution is 6.33. The lowest BCUT2D eigenvalue weighted by atomic mass is 10.3. The lowest BCUT2D eigenvalue weighted by molar-refractivity contribution is 0.454. The van der Waals surface area contributed by atoms with E-state index in [2.05, 4.69) is 25.4 Å². The second kappa shape index (κ2) is 6.92. The number of aromatic hydroxyl groups is 1. The van der Waals surface area contributed by atoms with Crippen LogP contribution in [-0.4, -0.2) is 35.7 Å². The molecular formula is C19H17ClN8O2. The van der Waals surface area contributed by atoms with Gasteiger partial charge in [-0.15, -0.1) is 0 Å². The van der Waals surface area contributed by atoms with Gasteiger partial charge < -0.3 is 21.1 Å². The number of hydrogen-bond acceptors (Lipinski definition) is 7. The van der Waals surface area contributed by atoms with Crippen molar-refractivity contribution in [2.24, 2.45) is 4.99 Å². The van der Waals surface area contributed by atoms with Crippen LogP contribution in [0.3, 0.4) is 0 Å². The highest BCUT2D eigenvalue weighted by atomic mass is 35.5. The fourth-order valence-corrected chi connectivity index (χ4v) is 3.20. The van der Waals surface area contributed by atoms with E-state index in [9.17, 15) is 9.90 Å². The van der Waals surface area contributed by atoms with Gasteiger partial charge >= 0.3 is 5.69 Å². The van der Waals surface area contributed by atoms with Gasteiger partial charge in [0.25, 0.3) is 0 Å². The summed E-state index contributed by atoms with van der Waals surface area (Å²) in [5, 5.41) is 18.5. The molecule has 5 rings (SSSR count). The van der Waals surface area contributed by atoms with E-state index in [-0.39, 0.29) is 17.6 Å². The first kappa shape index (κ1) is 18.3. The van der Waals surface area contributed by atoms with Crippen LogP contribution < -0.4 is 27.4 Å².